The lowest BCUT2D eigenvalue weighted by molar-refractivity contribution is -0.123. The van der Waals surface area contributed by atoms with Crippen molar-refractivity contribution in [1.29, 1.82) is 0 Å². The molecular weight excluding hydrogens is 358 g/mol. The van der Waals surface area contributed by atoms with E-state index in [1.807, 2.05) is 6.07 Å². The highest BCUT2D eigenvalue weighted by Gasteiger charge is 2.20. The molecule has 0 fully saturated rings. The minimum atomic E-state index is -1.00. The fourth-order valence-corrected chi connectivity index (χ4v) is 2.42. The zero-order valence-corrected chi connectivity index (χ0v) is 15.5. The average Bonchev–Trinajstić information content (AvgIpc) is 2.62. The van der Waals surface area contributed by atoms with Gasteiger partial charge in [-0.25, -0.2) is 4.79 Å². The Bertz CT molecular complexity index is 793. The number of nitrogens with one attached hydrogen (secondary N) is 1. The molecule has 0 bridgehead atoms. The molecule has 7 heteroatoms. The molecular formula is C19H20ClNO5. The van der Waals surface area contributed by atoms with Crippen molar-refractivity contribution in [3.05, 3.63) is 58.6 Å². The molecule has 0 unspecified atom stereocenters. The number of esters is 1. The van der Waals surface area contributed by atoms with Crippen LogP contribution in [0.1, 0.15) is 22.8 Å². The Labute approximate surface area is 157 Å². The standard InChI is InChI=1S/C19H20ClNO5/c1-12(18(22)21-16-10-15(20)7-8-17(16)25-3)26-19(23)14-6-4-5-13(9-14)11-24-2/h4-10,12H,11H2,1-3H3,(H,21,22)/t12-/m0/s1. The summed E-state index contributed by atoms with van der Waals surface area (Å²) in [7, 11) is 3.05. The molecule has 2 aromatic rings. The molecule has 0 aliphatic heterocycles. The normalized spacial score (nSPS) is 11.5. The van der Waals surface area contributed by atoms with Gasteiger partial charge in [0.2, 0.25) is 0 Å². The van der Waals surface area contributed by atoms with Gasteiger partial charge in [-0.05, 0) is 42.8 Å². The van der Waals surface area contributed by atoms with Crippen molar-refractivity contribution >= 4 is 29.2 Å². The second kappa shape index (κ2) is 9.22. The van der Waals surface area contributed by atoms with Crippen molar-refractivity contribution in [3.63, 3.8) is 0 Å². The van der Waals surface area contributed by atoms with Gasteiger partial charge in [-0.15, -0.1) is 0 Å². The summed E-state index contributed by atoms with van der Waals surface area (Å²) in [5.74, 6) is -0.635. The Hall–Kier alpha value is -2.57. The number of anilines is 1. The van der Waals surface area contributed by atoms with Gasteiger partial charge in [0, 0.05) is 12.1 Å². The van der Waals surface area contributed by atoms with Crippen LogP contribution in [-0.4, -0.2) is 32.2 Å². The van der Waals surface area contributed by atoms with Crippen LogP contribution in [0.3, 0.4) is 0 Å². The molecule has 138 valence electrons. The van der Waals surface area contributed by atoms with Crippen molar-refractivity contribution in [3.8, 4) is 5.75 Å². The molecule has 0 aliphatic carbocycles. The second-order valence-electron chi connectivity index (χ2n) is 5.51. The van der Waals surface area contributed by atoms with Crippen LogP contribution in [0, 0.1) is 0 Å². The number of halogens is 1. The van der Waals surface area contributed by atoms with Crippen LogP contribution >= 0.6 is 11.6 Å². The van der Waals surface area contributed by atoms with Crippen molar-refractivity contribution in [2.45, 2.75) is 19.6 Å². The van der Waals surface area contributed by atoms with E-state index < -0.39 is 18.0 Å². The molecule has 0 aromatic heterocycles. The number of rotatable bonds is 7. The fraction of sp³-hybridized carbons (Fsp3) is 0.263. The molecule has 6 nitrogen and oxygen atoms in total. The maximum atomic E-state index is 12.3. The average molecular weight is 378 g/mol. The van der Waals surface area contributed by atoms with E-state index in [1.165, 1.54) is 14.0 Å². The monoisotopic (exact) mass is 377 g/mol. The van der Waals surface area contributed by atoms with Crippen LogP contribution in [0.15, 0.2) is 42.5 Å². The molecule has 0 aliphatic rings. The van der Waals surface area contributed by atoms with Gasteiger partial charge in [-0.3, -0.25) is 4.79 Å². The number of carbonyl (C=O) groups is 2. The molecule has 0 heterocycles. The molecule has 2 rings (SSSR count). The third kappa shape index (κ3) is 5.21. The quantitative estimate of drug-likeness (QED) is 0.745. The summed E-state index contributed by atoms with van der Waals surface area (Å²) in [6, 6.07) is 11.7. The van der Waals surface area contributed by atoms with E-state index in [-0.39, 0.29) is 0 Å². The SMILES string of the molecule is COCc1cccc(C(=O)O[C@@H](C)C(=O)Nc2cc(Cl)ccc2OC)c1. The molecule has 0 saturated heterocycles. The lowest BCUT2D eigenvalue weighted by Crippen LogP contribution is -2.30. The Morgan fingerprint density at radius 1 is 1.15 bits per heavy atom. The third-order valence-corrected chi connectivity index (χ3v) is 3.78. The molecule has 1 atom stereocenters. The van der Waals surface area contributed by atoms with Crippen molar-refractivity contribution in [2.75, 3.05) is 19.5 Å². The van der Waals surface area contributed by atoms with E-state index in [1.54, 1.807) is 43.5 Å². The third-order valence-electron chi connectivity index (χ3n) is 3.55. The van der Waals surface area contributed by atoms with E-state index in [0.717, 1.165) is 5.56 Å². The number of benzene rings is 2. The number of ether oxygens (including phenoxy) is 3. The van der Waals surface area contributed by atoms with Gasteiger partial charge >= 0.3 is 5.97 Å². The number of methoxy groups -OCH3 is 2. The summed E-state index contributed by atoms with van der Waals surface area (Å²) in [6.07, 6.45) is -1.00. The first-order valence-corrected chi connectivity index (χ1v) is 8.25. The van der Waals surface area contributed by atoms with Crippen molar-refractivity contribution < 1.29 is 23.8 Å². The number of hydrogen-bond acceptors (Lipinski definition) is 5. The first kappa shape index (κ1) is 19.8. The van der Waals surface area contributed by atoms with E-state index in [0.29, 0.717) is 28.6 Å². The minimum absolute atomic E-state index is 0.347. The fourth-order valence-electron chi connectivity index (χ4n) is 2.25. The number of carbonyl (C=O) groups excluding carboxylic acids is 2. The predicted octanol–water partition coefficient (Wildman–Crippen LogP) is 3.68. The summed E-state index contributed by atoms with van der Waals surface area (Å²) in [5, 5.41) is 3.09. The molecule has 0 saturated carbocycles. The summed E-state index contributed by atoms with van der Waals surface area (Å²) < 4.78 is 15.5. The van der Waals surface area contributed by atoms with Crippen LogP contribution in [0.25, 0.3) is 0 Å². The van der Waals surface area contributed by atoms with Crippen LogP contribution < -0.4 is 10.1 Å². The smallest absolute Gasteiger partial charge is 0.338 e. The first-order chi connectivity index (χ1) is 12.4. The van der Waals surface area contributed by atoms with Crippen LogP contribution in [0.4, 0.5) is 5.69 Å². The maximum Gasteiger partial charge on any atom is 0.338 e. The number of hydrogen-bond donors (Lipinski definition) is 1. The van der Waals surface area contributed by atoms with E-state index >= 15 is 0 Å². The van der Waals surface area contributed by atoms with Gasteiger partial charge in [0.15, 0.2) is 6.10 Å². The first-order valence-electron chi connectivity index (χ1n) is 7.88. The molecule has 0 spiro atoms. The van der Waals surface area contributed by atoms with Crippen molar-refractivity contribution in [2.24, 2.45) is 0 Å². The van der Waals surface area contributed by atoms with Crippen molar-refractivity contribution in [1.82, 2.24) is 0 Å². The van der Waals surface area contributed by atoms with Crippen LogP contribution in [-0.2, 0) is 20.9 Å². The zero-order valence-electron chi connectivity index (χ0n) is 14.7. The summed E-state index contributed by atoms with van der Waals surface area (Å²) in [4.78, 5) is 24.6. The Kier molecular flexibility index (Phi) is 7.00. The van der Waals surface area contributed by atoms with E-state index in [4.69, 9.17) is 25.8 Å². The molecule has 0 radical (unpaired) electrons. The Morgan fingerprint density at radius 3 is 2.62 bits per heavy atom. The van der Waals surface area contributed by atoms with Gasteiger partial charge in [0.1, 0.15) is 5.75 Å². The van der Waals surface area contributed by atoms with Gasteiger partial charge in [0.05, 0.1) is 25.0 Å². The second-order valence-corrected chi connectivity index (χ2v) is 5.95. The molecule has 1 amide bonds. The summed E-state index contributed by atoms with van der Waals surface area (Å²) in [5.41, 5.74) is 1.58. The summed E-state index contributed by atoms with van der Waals surface area (Å²) >= 11 is 5.94. The maximum absolute atomic E-state index is 12.3. The van der Waals surface area contributed by atoms with Gasteiger partial charge < -0.3 is 19.5 Å². The van der Waals surface area contributed by atoms with Gasteiger partial charge in [-0.1, -0.05) is 23.7 Å². The topological polar surface area (TPSA) is 73.9 Å². The van der Waals surface area contributed by atoms with Crippen LogP contribution in [0.5, 0.6) is 5.75 Å². The highest BCUT2D eigenvalue weighted by Crippen LogP contribution is 2.27. The zero-order chi connectivity index (χ0) is 19.1. The largest absolute Gasteiger partial charge is 0.495 e. The van der Waals surface area contributed by atoms with Gasteiger partial charge in [-0.2, -0.15) is 0 Å². The highest BCUT2D eigenvalue weighted by atomic mass is 35.5. The van der Waals surface area contributed by atoms with Crippen LogP contribution in [0.2, 0.25) is 5.02 Å². The van der Waals surface area contributed by atoms with Gasteiger partial charge in [0.25, 0.3) is 5.91 Å². The minimum Gasteiger partial charge on any atom is -0.495 e. The molecule has 1 N–H and O–H groups in total. The predicted molar refractivity (Wildman–Crippen MR) is 98.7 cm³/mol. The highest BCUT2D eigenvalue weighted by molar-refractivity contribution is 6.31. The Balaban J connectivity index is 2.04. The lowest BCUT2D eigenvalue weighted by atomic mass is 10.1. The van der Waals surface area contributed by atoms with E-state index in [2.05, 4.69) is 5.32 Å². The Morgan fingerprint density at radius 2 is 1.92 bits per heavy atom. The molecule has 2 aromatic carbocycles. The van der Waals surface area contributed by atoms with E-state index in [9.17, 15) is 9.59 Å². The molecule has 26 heavy (non-hydrogen) atoms. The summed E-state index contributed by atoms with van der Waals surface area (Å²) in [6.45, 7) is 1.87. The lowest BCUT2D eigenvalue weighted by Gasteiger charge is -2.15. The number of amides is 1.